The zero-order valence-electron chi connectivity index (χ0n) is 17.2. The third-order valence-electron chi connectivity index (χ3n) is 5.55. The number of imidazole rings is 1. The molecule has 0 saturated carbocycles. The molecule has 0 spiro atoms. The molecule has 1 saturated heterocycles. The van der Waals surface area contributed by atoms with E-state index in [2.05, 4.69) is 15.0 Å². The van der Waals surface area contributed by atoms with E-state index in [-0.39, 0.29) is 11.7 Å². The van der Waals surface area contributed by atoms with Gasteiger partial charge in [0.15, 0.2) is 0 Å². The quantitative estimate of drug-likeness (QED) is 0.489. The molecule has 3 heterocycles. The van der Waals surface area contributed by atoms with E-state index in [1.54, 1.807) is 16.6 Å². The van der Waals surface area contributed by atoms with E-state index in [0.717, 1.165) is 40.0 Å². The highest BCUT2D eigenvalue weighted by Gasteiger charge is 2.24. The van der Waals surface area contributed by atoms with Crippen LogP contribution in [0.3, 0.4) is 0 Å². The fraction of sp³-hybridized carbons (Fsp3) is 0.261. The maximum absolute atomic E-state index is 13.1. The highest BCUT2D eigenvalue weighted by molar-refractivity contribution is 7.20. The summed E-state index contributed by atoms with van der Waals surface area (Å²) in [6, 6.07) is 14.4. The van der Waals surface area contributed by atoms with Gasteiger partial charge in [-0.3, -0.25) is 4.79 Å². The number of anilines is 1. The summed E-state index contributed by atoms with van der Waals surface area (Å²) in [6.07, 6.45) is 2.31. The number of piperazine rings is 1. The molecule has 4 aromatic rings. The van der Waals surface area contributed by atoms with Crippen molar-refractivity contribution in [3.8, 4) is 11.3 Å². The summed E-state index contributed by atoms with van der Waals surface area (Å²) in [7, 11) is 0. The SMILES string of the molecule is Cc1ccc(CC(=O)N2CCN(c3nn4cc(-c5ccc(F)cc5)nc4s3)CC2)cc1. The number of carbonyl (C=O) groups is 1. The average molecular weight is 436 g/mol. The van der Waals surface area contributed by atoms with E-state index in [0.29, 0.717) is 19.5 Å². The number of halogens is 1. The molecule has 1 aliphatic heterocycles. The van der Waals surface area contributed by atoms with Crippen LogP contribution >= 0.6 is 11.3 Å². The van der Waals surface area contributed by atoms with Crippen LogP contribution in [0.15, 0.2) is 54.7 Å². The van der Waals surface area contributed by atoms with E-state index in [4.69, 9.17) is 0 Å². The molecule has 0 bridgehead atoms. The van der Waals surface area contributed by atoms with Crippen LogP contribution in [0.1, 0.15) is 11.1 Å². The number of fused-ring (bicyclic) bond motifs is 1. The molecule has 0 aliphatic carbocycles. The molecule has 1 amide bonds. The summed E-state index contributed by atoms with van der Waals surface area (Å²) in [5.41, 5.74) is 3.89. The Morgan fingerprint density at radius 3 is 2.42 bits per heavy atom. The van der Waals surface area contributed by atoms with Gasteiger partial charge in [-0.1, -0.05) is 41.2 Å². The summed E-state index contributed by atoms with van der Waals surface area (Å²) in [4.78, 5) is 22.2. The van der Waals surface area contributed by atoms with Crippen LogP contribution < -0.4 is 4.90 Å². The second kappa shape index (κ2) is 8.11. The van der Waals surface area contributed by atoms with Crippen LogP contribution in [0.2, 0.25) is 0 Å². The number of benzene rings is 2. The van der Waals surface area contributed by atoms with Gasteiger partial charge in [0.2, 0.25) is 16.0 Å². The summed E-state index contributed by atoms with van der Waals surface area (Å²) in [5.74, 6) is -0.0944. The van der Waals surface area contributed by atoms with Crippen molar-refractivity contribution >= 4 is 27.3 Å². The minimum atomic E-state index is -0.262. The molecule has 2 aromatic heterocycles. The third kappa shape index (κ3) is 4.16. The Kier molecular flexibility index (Phi) is 5.15. The smallest absolute Gasteiger partial charge is 0.227 e. The minimum Gasteiger partial charge on any atom is -0.343 e. The van der Waals surface area contributed by atoms with Gasteiger partial charge in [-0.2, -0.15) is 0 Å². The van der Waals surface area contributed by atoms with Crippen LogP contribution in [0.25, 0.3) is 16.2 Å². The van der Waals surface area contributed by atoms with Gasteiger partial charge in [-0.05, 0) is 36.8 Å². The lowest BCUT2D eigenvalue weighted by Gasteiger charge is -2.34. The molecule has 6 nitrogen and oxygen atoms in total. The first-order valence-corrected chi connectivity index (χ1v) is 11.1. The van der Waals surface area contributed by atoms with E-state index in [9.17, 15) is 9.18 Å². The minimum absolute atomic E-state index is 0.168. The number of carbonyl (C=O) groups excluding carboxylic acids is 1. The molecule has 1 fully saturated rings. The Morgan fingerprint density at radius 2 is 1.74 bits per heavy atom. The molecule has 0 N–H and O–H groups in total. The molecule has 158 valence electrons. The second-order valence-electron chi connectivity index (χ2n) is 7.78. The van der Waals surface area contributed by atoms with Gasteiger partial charge in [0, 0.05) is 31.7 Å². The van der Waals surface area contributed by atoms with Gasteiger partial charge in [-0.15, -0.1) is 5.10 Å². The molecule has 0 atom stereocenters. The second-order valence-corrected chi connectivity index (χ2v) is 8.71. The van der Waals surface area contributed by atoms with Crippen LogP contribution in [0.4, 0.5) is 9.52 Å². The van der Waals surface area contributed by atoms with Crippen LogP contribution in [-0.4, -0.2) is 51.6 Å². The number of amides is 1. The lowest BCUT2D eigenvalue weighted by atomic mass is 10.1. The number of aryl methyl sites for hydroxylation is 1. The van der Waals surface area contributed by atoms with Gasteiger partial charge in [0.05, 0.1) is 18.3 Å². The Morgan fingerprint density at radius 1 is 1.03 bits per heavy atom. The number of hydrogen-bond donors (Lipinski definition) is 0. The largest absolute Gasteiger partial charge is 0.343 e. The van der Waals surface area contributed by atoms with E-state index < -0.39 is 0 Å². The van der Waals surface area contributed by atoms with E-state index in [1.165, 1.54) is 29.0 Å². The molecule has 1 aliphatic rings. The molecule has 0 unspecified atom stereocenters. The first-order valence-electron chi connectivity index (χ1n) is 10.3. The first-order chi connectivity index (χ1) is 15.0. The fourth-order valence-corrected chi connectivity index (χ4v) is 4.65. The Hall–Kier alpha value is -3.26. The van der Waals surface area contributed by atoms with Crippen molar-refractivity contribution < 1.29 is 9.18 Å². The van der Waals surface area contributed by atoms with Gasteiger partial charge >= 0.3 is 0 Å². The van der Waals surface area contributed by atoms with Crippen LogP contribution in [0.5, 0.6) is 0 Å². The van der Waals surface area contributed by atoms with E-state index in [1.807, 2.05) is 42.3 Å². The van der Waals surface area contributed by atoms with Crippen molar-refractivity contribution in [2.75, 3.05) is 31.1 Å². The standard InChI is InChI=1S/C23H22FN5OS/c1-16-2-4-17(5-3-16)14-21(30)27-10-12-28(13-11-27)23-26-29-15-20(25-22(29)31-23)18-6-8-19(24)9-7-18/h2-9,15H,10-14H2,1H3. The lowest BCUT2D eigenvalue weighted by Crippen LogP contribution is -2.49. The normalized spacial score (nSPS) is 14.4. The monoisotopic (exact) mass is 435 g/mol. The maximum Gasteiger partial charge on any atom is 0.227 e. The van der Waals surface area contributed by atoms with E-state index >= 15 is 0 Å². The van der Waals surface area contributed by atoms with Crippen LogP contribution in [0, 0.1) is 12.7 Å². The van der Waals surface area contributed by atoms with Crippen molar-refractivity contribution in [1.82, 2.24) is 19.5 Å². The van der Waals surface area contributed by atoms with Crippen molar-refractivity contribution in [2.24, 2.45) is 0 Å². The van der Waals surface area contributed by atoms with Crippen molar-refractivity contribution in [3.05, 3.63) is 71.7 Å². The molecule has 31 heavy (non-hydrogen) atoms. The summed E-state index contributed by atoms with van der Waals surface area (Å²) < 4.78 is 14.9. The Labute approximate surface area is 183 Å². The lowest BCUT2D eigenvalue weighted by molar-refractivity contribution is -0.130. The number of hydrogen-bond acceptors (Lipinski definition) is 5. The van der Waals surface area contributed by atoms with Gasteiger partial charge in [0.25, 0.3) is 0 Å². The van der Waals surface area contributed by atoms with Gasteiger partial charge < -0.3 is 9.80 Å². The molecular weight excluding hydrogens is 413 g/mol. The fourth-order valence-electron chi connectivity index (χ4n) is 3.72. The predicted octanol–water partition coefficient (Wildman–Crippen LogP) is 3.80. The molecule has 0 radical (unpaired) electrons. The Balaban J connectivity index is 1.22. The van der Waals surface area contributed by atoms with Crippen molar-refractivity contribution in [3.63, 3.8) is 0 Å². The van der Waals surface area contributed by atoms with Gasteiger partial charge in [-0.25, -0.2) is 13.9 Å². The Bertz CT molecular complexity index is 1180. The number of aromatic nitrogens is 3. The zero-order valence-corrected chi connectivity index (χ0v) is 18.0. The highest BCUT2D eigenvalue weighted by Crippen LogP contribution is 2.27. The average Bonchev–Trinajstić information content (AvgIpc) is 3.35. The first kappa shape index (κ1) is 19.7. The number of rotatable bonds is 4. The molecular formula is C23H22FN5OS. The number of nitrogens with zero attached hydrogens (tertiary/aromatic N) is 5. The molecule has 5 rings (SSSR count). The van der Waals surface area contributed by atoms with Gasteiger partial charge in [0.1, 0.15) is 5.82 Å². The molecule has 8 heteroatoms. The molecule has 2 aromatic carbocycles. The van der Waals surface area contributed by atoms with Crippen molar-refractivity contribution in [2.45, 2.75) is 13.3 Å². The topological polar surface area (TPSA) is 53.7 Å². The summed E-state index contributed by atoms with van der Waals surface area (Å²) in [6.45, 7) is 4.92. The maximum atomic E-state index is 13.1. The third-order valence-corrected chi connectivity index (χ3v) is 6.53. The summed E-state index contributed by atoms with van der Waals surface area (Å²) >= 11 is 1.53. The van der Waals surface area contributed by atoms with Crippen molar-refractivity contribution in [1.29, 1.82) is 0 Å². The van der Waals surface area contributed by atoms with Crippen LogP contribution in [-0.2, 0) is 11.2 Å². The summed E-state index contributed by atoms with van der Waals surface area (Å²) in [5, 5.41) is 5.57. The highest BCUT2D eigenvalue weighted by atomic mass is 32.1. The zero-order chi connectivity index (χ0) is 21.4. The predicted molar refractivity (Wildman–Crippen MR) is 120 cm³/mol.